The number of benzene rings is 2. The summed E-state index contributed by atoms with van der Waals surface area (Å²) in [5.41, 5.74) is 4.20. The Morgan fingerprint density at radius 3 is 2.84 bits per heavy atom. The fraction of sp³-hybridized carbons (Fsp3) is 0.240. The van der Waals surface area contributed by atoms with Crippen LogP contribution in [0.2, 0.25) is 0 Å². The van der Waals surface area contributed by atoms with Crippen LogP contribution in [0.15, 0.2) is 79.4 Å². The van der Waals surface area contributed by atoms with Crippen LogP contribution in [0.5, 0.6) is 0 Å². The van der Waals surface area contributed by atoms with E-state index in [9.17, 15) is 4.79 Å². The van der Waals surface area contributed by atoms with Gasteiger partial charge in [0.05, 0.1) is 36.4 Å². The molecule has 5 rings (SSSR count). The van der Waals surface area contributed by atoms with Gasteiger partial charge in [-0.1, -0.05) is 30.3 Å². The van der Waals surface area contributed by atoms with E-state index in [1.54, 1.807) is 12.4 Å². The summed E-state index contributed by atoms with van der Waals surface area (Å²) in [6.07, 6.45) is 8.19. The maximum absolute atomic E-state index is 13.5. The summed E-state index contributed by atoms with van der Waals surface area (Å²) in [7, 11) is 0. The van der Waals surface area contributed by atoms with Crippen molar-refractivity contribution in [3.05, 3.63) is 90.6 Å². The third-order valence-corrected chi connectivity index (χ3v) is 5.67. The minimum atomic E-state index is 0.0116. The molecule has 7 nitrogen and oxygen atoms in total. The molecule has 162 valence electrons. The predicted octanol–water partition coefficient (Wildman–Crippen LogP) is 3.80. The van der Waals surface area contributed by atoms with E-state index >= 15 is 0 Å². The van der Waals surface area contributed by atoms with Crippen molar-refractivity contribution in [2.24, 2.45) is 5.92 Å². The van der Waals surface area contributed by atoms with Gasteiger partial charge in [-0.2, -0.15) is 0 Å². The number of ether oxygens (including phenoxy) is 1. The topological polar surface area (TPSA) is 71.8 Å². The zero-order valence-corrected chi connectivity index (χ0v) is 17.7. The Kier molecular flexibility index (Phi) is 5.81. The second kappa shape index (κ2) is 9.20. The second-order valence-electron chi connectivity index (χ2n) is 8.00. The number of carbonyl (C=O) groups excluding carboxylic acids is 1. The standard InChI is InChI=1S/C25H25N5O2/c31-25(22-8-4-5-9-23(22)28-20-6-2-1-3-7-20)30-12-13-32-18-19(16-30)14-21-17-29-11-10-26-24(29)15-27-21/h1-11,15,17,19,28H,12-14,16,18H2. The van der Waals surface area contributed by atoms with Gasteiger partial charge in [-0.05, 0) is 30.7 Å². The van der Waals surface area contributed by atoms with Gasteiger partial charge in [-0.3, -0.25) is 9.78 Å². The lowest BCUT2D eigenvalue weighted by Gasteiger charge is -2.25. The molecule has 0 bridgehead atoms. The first-order chi connectivity index (χ1) is 15.8. The van der Waals surface area contributed by atoms with E-state index in [0.717, 1.165) is 29.1 Å². The molecule has 1 unspecified atom stereocenters. The Morgan fingerprint density at radius 2 is 1.94 bits per heavy atom. The number of hydrogen-bond donors (Lipinski definition) is 1. The molecule has 3 heterocycles. The fourth-order valence-corrected chi connectivity index (χ4v) is 4.08. The highest BCUT2D eigenvalue weighted by atomic mass is 16.5. The van der Waals surface area contributed by atoms with Crippen molar-refractivity contribution < 1.29 is 9.53 Å². The van der Waals surface area contributed by atoms with Crippen LogP contribution in [0.25, 0.3) is 5.65 Å². The molecule has 2 aromatic carbocycles. The fourth-order valence-electron chi connectivity index (χ4n) is 4.08. The molecular formula is C25H25N5O2. The minimum Gasteiger partial charge on any atom is -0.379 e. The van der Waals surface area contributed by atoms with Gasteiger partial charge in [0.2, 0.25) is 0 Å². The molecule has 7 heteroatoms. The number of hydrogen-bond acceptors (Lipinski definition) is 5. The number of nitrogens with one attached hydrogen (secondary N) is 1. The molecule has 1 atom stereocenters. The Balaban J connectivity index is 1.33. The van der Waals surface area contributed by atoms with E-state index in [1.165, 1.54) is 0 Å². The number of carbonyl (C=O) groups is 1. The number of anilines is 2. The highest BCUT2D eigenvalue weighted by Crippen LogP contribution is 2.23. The normalized spacial score (nSPS) is 16.6. The van der Waals surface area contributed by atoms with Crippen molar-refractivity contribution in [3.63, 3.8) is 0 Å². The molecule has 1 fully saturated rings. The summed E-state index contributed by atoms with van der Waals surface area (Å²) < 4.78 is 7.80. The Labute approximate surface area is 186 Å². The van der Waals surface area contributed by atoms with Crippen molar-refractivity contribution in [2.45, 2.75) is 6.42 Å². The first-order valence-electron chi connectivity index (χ1n) is 10.8. The minimum absolute atomic E-state index is 0.0116. The molecule has 1 aliphatic heterocycles. The van der Waals surface area contributed by atoms with Crippen LogP contribution >= 0.6 is 0 Å². The molecule has 4 aromatic rings. The lowest BCUT2D eigenvalue weighted by Crippen LogP contribution is -2.36. The van der Waals surface area contributed by atoms with Crippen LogP contribution in [0, 0.1) is 5.92 Å². The number of amides is 1. The largest absolute Gasteiger partial charge is 0.379 e. The van der Waals surface area contributed by atoms with E-state index in [-0.39, 0.29) is 11.8 Å². The quantitative estimate of drug-likeness (QED) is 0.525. The smallest absolute Gasteiger partial charge is 0.256 e. The van der Waals surface area contributed by atoms with Gasteiger partial charge < -0.3 is 19.4 Å². The molecular weight excluding hydrogens is 402 g/mol. The molecule has 2 aromatic heterocycles. The van der Waals surface area contributed by atoms with E-state index in [2.05, 4.69) is 15.3 Å². The summed E-state index contributed by atoms with van der Waals surface area (Å²) in [5.74, 6) is 0.182. The summed E-state index contributed by atoms with van der Waals surface area (Å²) in [4.78, 5) is 24.2. The molecule has 0 aliphatic carbocycles. The van der Waals surface area contributed by atoms with Gasteiger partial charge in [-0.25, -0.2) is 4.98 Å². The molecule has 0 radical (unpaired) electrons. The van der Waals surface area contributed by atoms with Gasteiger partial charge in [-0.15, -0.1) is 0 Å². The molecule has 32 heavy (non-hydrogen) atoms. The number of fused-ring (bicyclic) bond motifs is 1. The number of aromatic nitrogens is 3. The van der Waals surface area contributed by atoms with Gasteiger partial charge in [0.25, 0.3) is 5.91 Å². The monoisotopic (exact) mass is 427 g/mol. The summed E-state index contributed by atoms with van der Waals surface area (Å²) in [6.45, 7) is 2.34. The van der Waals surface area contributed by atoms with Gasteiger partial charge in [0.1, 0.15) is 0 Å². The predicted molar refractivity (Wildman–Crippen MR) is 123 cm³/mol. The number of rotatable bonds is 5. The van der Waals surface area contributed by atoms with Crippen molar-refractivity contribution in [3.8, 4) is 0 Å². The second-order valence-corrected chi connectivity index (χ2v) is 8.00. The number of para-hydroxylation sites is 2. The molecule has 1 N–H and O–H groups in total. The summed E-state index contributed by atoms with van der Waals surface area (Å²) in [6, 6.07) is 17.5. The lowest BCUT2D eigenvalue weighted by molar-refractivity contribution is 0.0738. The first kappa shape index (κ1) is 20.2. The average Bonchev–Trinajstić information content (AvgIpc) is 3.17. The number of imidazole rings is 1. The Morgan fingerprint density at radius 1 is 1.09 bits per heavy atom. The highest BCUT2D eigenvalue weighted by Gasteiger charge is 2.25. The molecule has 1 saturated heterocycles. The summed E-state index contributed by atoms with van der Waals surface area (Å²) in [5, 5.41) is 3.38. The highest BCUT2D eigenvalue weighted by molar-refractivity contribution is 6.00. The van der Waals surface area contributed by atoms with Crippen LogP contribution in [0.1, 0.15) is 16.1 Å². The third-order valence-electron chi connectivity index (χ3n) is 5.67. The maximum atomic E-state index is 13.5. The maximum Gasteiger partial charge on any atom is 0.256 e. The summed E-state index contributed by atoms with van der Waals surface area (Å²) >= 11 is 0. The van der Waals surface area contributed by atoms with Gasteiger partial charge in [0, 0.05) is 43.3 Å². The van der Waals surface area contributed by atoms with Gasteiger partial charge in [0.15, 0.2) is 5.65 Å². The van der Waals surface area contributed by atoms with E-state index in [1.807, 2.05) is 76.3 Å². The Hall–Kier alpha value is -3.71. The van der Waals surface area contributed by atoms with Crippen molar-refractivity contribution in [1.29, 1.82) is 0 Å². The molecule has 0 spiro atoms. The Bertz CT molecular complexity index is 1210. The zero-order chi connectivity index (χ0) is 21.8. The molecule has 1 aliphatic rings. The molecule has 1 amide bonds. The van der Waals surface area contributed by atoms with Gasteiger partial charge >= 0.3 is 0 Å². The van der Waals surface area contributed by atoms with E-state index in [4.69, 9.17) is 4.74 Å². The van der Waals surface area contributed by atoms with Crippen LogP contribution in [-0.2, 0) is 11.2 Å². The first-order valence-corrected chi connectivity index (χ1v) is 10.8. The van der Waals surface area contributed by atoms with E-state index < -0.39 is 0 Å². The van der Waals surface area contributed by atoms with Crippen LogP contribution in [0.3, 0.4) is 0 Å². The van der Waals surface area contributed by atoms with Crippen molar-refractivity contribution in [2.75, 3.05) is 31.6 Å². The van der Waals surface area contributed by atoms with Crippen molar-refractivity contribution in [1.82, 2.24) is 19.3 Å². The van der Waals surface area contributed by atoms with Crippen LogP contribution < -0.4 is 5.32 Å². The average molecular weight is 428 g/mol. The SMILES string of the molecule is O=C(c1ccccc1Nc1ccccc1)N1CCOCC(Cc2cn3ccnc3cn2)C1. The van der Waals surface area contributed by atoms with Crippen molar-refractivity contribution >= 4 is 22.9 Å². The zero-order valence-electron chi connectivity index (χ0n) is 17.7. The van der Waals surface area contributed by atoms with Crippen LogP contribution in [-0.4, -0.2) is 51.5 Å². The number of nitrogens with zero attached hydrogens (tertiary/aromatic N) is 4. The van der Waals surface area contributed by atoms with Crippen LogP contribution in [0.4, 0.5) is 11.4 Å². The molecule has 0 saturated carbocycles. The lowest BCUT2D eigenvalue weighted by atomic mass is 10.0. The third kappa shape index (κ3) is 4.48. The van der Waals surface area contributed by atoms with E-state index in [0.29, 0.717) is 31.9 Å².